The molecule has 34 heavy (non-hydrogen) atoms. The van der Waals surface area contributed by atoms with Gasteiger partial charge in [-0.25, -0.2) is 19.6 Å². The number of aryl methyl sites for hydroxylation is 1. The van der Waals surface area contributed by atoms with Gasteiger partial charge in [-0.2, -0.15) is 5.10 Å². The van der Waals surface area contributed by atoms with Gasteiger partial charge in [-0.15, -0.1) is 11.3 Å². The lowest BCUT2D eigenvalue weighted by Crippen LogP contribution is -2.14. The highest BCUT2D eigenvalue weighted by molar-refractivity contribution is 7.99. The van der Waals surface area contributed by atoms with Crippen LogP contribution in [-0.4, -0.2) is 30.6 Å². The zero-order valence-electron chi connectivity index (χ0n) is 18.9. The second-order valence-corrected chi connectivity index (χ2v) is 10.0. The first-order chi connectivity index (χ1) is 16.5. The van der Waals surface area contributed by atoms with Gasteiger partial charge < -0.3 is 5.32 Å². The maximum atomic E-state index is 13.5. The van der Waals surface area contributed by atoms with Gasteiger partial charge in [0.15, 0.2) is 10.8 Å². The topological polar surface area (TPSA) is 85.6 Å². The van der Waals surface area contributed by atoms with E-state index >= 15 is 0 Å². The van der Waals surface area contributed by atoms with Crippen molar-refractivity contribution in [2.45, 2.75) is 36.9 Å². The van der Waals surface area contributed by atoms with E-state index in [1.807, 2.05) is 53.4 Å². The first-order valence-corrected chi connectivity index (χ1v) is 12.5. The summed E-state index contributed by atoms with van der Waals surface area (Å²) in [6, 6.07) is 13.6. The highest BCUT2D eigenvalue weighted by Gasteiger charge is 2.19. The lowest BCUT2D eigenvalue weighted by Gasteiger charge is -2.12. The number of nitrogens with zero attached hydrogens (tertiary/aromatic N) is 5. The van der Waals surface area contributed by atoms with E-state index in [4.69, 9.17) is 4.98 Å². The molecule has 0 spiro atoms. The normalized spacial score (nSPS) is 11.3. The van der Waals surface area contributed by atoms with Crippen LogP contribution in [0, 0.1) is 6.92 Å². The summed E-state index contributed by atoms with van der Waals surface area (Å²) < 4.78 is 1.85. The first-order valence-electron chi connectivity index (χ1n) is 10.8. The quantitative estimate of drug-likeness (QED) is 0.286. The number of hydrogen-bond donors (Lipinski definition) is 1. The van der Waals surface area contributed by atoms with E-state index in [0.717, 1.165) is 32.1 Å². The number of pyridine rings is 1. The van der Waals surface area contributed by atoms with Crippen LogP contribution in [0.3, 0.4) is 0 Å². The van der Waals surface area contributed by atoms with E-state index in [0.29, 0.717) is 16.4 Å². The molecule has 5 rings (SSSR count). The van der Waals surface area contributed by atoms with Gasteiger partial charge in [-0.3, -0.25) is 4.79 Å². The summed E-state index contributed by atoms with van der Waals surface area (Å²) in [6.45, 7) is 6.08. The number of benzene rings is 1. The van der Waals surface area contributed by atoms with Crippen LogP contribution in [0.15, 0.2) is 76.5 Å². The number of fused-ring (bicyclic) bond motifs is 1. The maximum absolute atomic E-state index is 13.5. The molecule has 7 nitrogen and oxygen atoms in total. The lowest BCUT2D eigenvalue weighted by atomic mass is 10.1. The molecule has 1 aromatic carbocycles. The zero-order chi connectivity index (χ0) is 23.7. The molecule has 0 atom stereocenters. The van der Waals surface area contributed by atoms with Gasteiger partial charge in [0.2, 0.25) is 0 Å². The van der Waals surface area contributed by atoms with E-state index in [1.165, 1.54) is 11.8 Å². The Balaban J connectivity index is 1.47. The Morgan fingerprint density at radius 2 is 1.94 bits per heavy atom. The molecular formula is C25H22N6OS2. The second-order valence-electron chi connectivity index (χ2n) is 8.02. The number of hydrogen-bond acceptors (Lipinski definition) is 7. The molecule has 170 valence electrons. The van der Waals surface area contributed by atoms with Crippen LogP contribution in [0.2, 0.25) is 0 Å². The van der Waals surface area contributed by atoms with Gasteiger partial charge in [0, 0.05) is 29.0 Å². The Morgan fingerprint density at radius 1 is 1.12 bits per heavy atom. The van der Waals surface area contributed by atoms with Crippen LogP contribution in [0.4, 0.5) is 5.69 Å². The molecular weight excluding hydrogens is 464 g/mol. The highest BCUT2D eigenvalue weighted by Crippen LogP contribution is 2.31. The molecule has 0 saturated carbocycles. The van der Waals surface area contributed by atoms with Crippen molar-refractivity contribution in [2.24, 2.45) is 0 Å². The summed E-state index contributed by atoms with van der Waals surface area (Å²) in [5, 5.41) is 11.0. The number of amides is 1. The van der Waals surface area contributed by atoms with Crippen LogP contribution >= 0.6 is 23.1 Å². The van der Waals surface area contributed by atoms with Crippen LogP contribution in [-0.2, 0) is 0 Å². The minimum Gasteiger partial charge on any atom is -0.322 e. The molecule has 0 saturated heterocycles. The molecule has 9 heteroatoms. The lowest BCUT2D eigenvalue weighted by molar-refractivity contribution is 0.102. The van der Waals surface area contributed by atoms with Gasteiger partial charge in [0.25, 0.3) is 5.91 Å². The molecule has 1 amide bonds. The second kappa shape index (κ2) is 9.36. The summed E-state index contributed by atoms with van der Waals surface area (Å²) in [5.74, 6) is -0.191. The van der Waals surface area contributed by atoms with Gasteiger partial charge >= 0.3 is 0 Å². The molecule has 0 aliphatic carbocycles. The molecule has 5 aromatic rings. The fourth-order valence-electron chi connectivity index (χ4n) is 3.61. The minimum absolute atomic E-state index is 0.125. The van der Waals surface area contributed by atoms with Crippen molar-refractivity contribution in [3.63, 3.8) is 0 Å². The number of anilines is 1. The Labute approximate surface area is 205 Å². The van der Waals surface area contributed by atoms with Crippen molar-refractivity contribution in [1.82, 2.24) is 24.7 Å². The fourth-order valence-corrected chi connectivity index (χ4v) is 5.10. The molecule has 4 aromatic heterocycles. The highest BCUT2D eigenvalue weighted by atomic mass is 32.2. The monoisotopic (exact) mass is 486 g/mol. The van der Waals surface area contributed by atoms with Gasteiger partial charge in [-0.1, -0.05) is 6.07 Å². The fraction of sp³-hybridized carbons (Fsp3) is 0.160. The zero-order valence-corrected chi connectivity index (χ0v) is 20.5. The van der Waals surface area contributed by atoms with E-state index in [2.05, 4.69) is 34.2 Å². The third-order valence-electron chi connectivity index (χ3n) is 5.27. The number of rotatable bonds is 6. The minimum atomic E-state index is -0.191. The summed E-state index contributed by atoms with van der Waals surface area (Å²) >= 11 is 3.07. The first kappa shape index (κ1) is 22.2. The largest absolute Gasteiger partial charge is 0.322 e. The molecule has 0 fully saturated rings. The number of nitrogens with one attached hydrogen (secondary N) is 1. The van der Waals surface area contributed by atoms with E-state index in [9.17, 15) is 4.79 Å². The maximum Gasteiger partial charge on any atom is 0.256 e. The van der Waals surface area contributed by atoms with Gasteiger partial charge in [0.05, 0.1) is 27.7 Å². The summed E-state index contributed by atoms with van der Waals surface area (Å²) in [4.78, 5) is 28.8. The summed E-state index contributed by atoms with van der Waals surface area (Å²) in [7, 11) is 0. The van der Waals surface area contributed by atoms with Crippen molar-refractivity contribution in [1.29, 1.82) is 0 Å². The van der Waals surface area contributed by atoms with Crippen molar-refractivity contribution in [2.75, 3.05) is 5.32 Å². The molecule has 0 unspecified atom stereocenters. The predicted molar refractivity (Wildman–Crippen MR) is 137 cm³/mol. The van der Waals surface area contributed by atoms with Gasteiger partial charge in [-0.05, 0) is 79.9 Å². The number of carbonyl (C=O) groups excluding carboxylic acids is 1. The van der Waals surface area contributed by atoms with Crippen molar-refractivity contribution >= 4 is 45.7 Å². The SMILES string of the molecule is Cc1cc(Sc2ncccn2)ccc1NC(=O)c1cc(-c2cccs2)nc2c1cnn2C(C)C. The number of aromatic nitrogens is 5. The summed E-state index contributed by atoms with van der Waals surface area (Å²) in [6.07, 6.45) is 5.16. The average molecular weight is 487 g/mol. The standard InChI is InChI=1S/C25H22N6OS2/c1-15(2)31-23-19(14-28-31)18(13-21(29-23)22-6-4-11-33-22)24(32)30-20-8-7-17(12-16(20)3)34-25-26-9-5-10-27-25/h4-15H,1-3H3,(H,30,32). The third kappa shape index (κ3) is 4.44. The smallest absolute Gasteiger partial charge is 0.256 e. The van der Waals surface area contributed by atoms with Gasteiger partial charge in [0.1, 0.15) is 0 Å². The number of thiophene rings is 1. The van der Waals surface area contributed by atoms with Crippen molar-refractivity contribution in [3.05, 3.63) is 77.6 Å². The summed E-state index contributed by atoms with van der Waals surface area (Å²) in [5.41, 5.74) is 3.73. The Hall–Kier alpha value is -3.56. The molecule has 0 aliphatic heterocycles. The Kier molecular flexibility index (Phi) is 6.12. The van der Waals surface area contributed by atoms with Crippen LogP contribution in [0.25, 0.3) is 21.6 Å². The van der Waals surface area contributed by atoms with Crippen LogP contribution < -0.4 is 5.32 Å². The number of carbonyl (C=O) groups is 1. The molecule has 4 heterocycles. The molecule has 0 aliphatic rings. The van der Waals surface area contributed by atoms with Crippen molar-refractivity contribution in [3.8, 4) is 10.6 Å². The Bertz CT molecular complexity index is 1460. The van der Waals surface area contributed by atoms with E-state index in [-0.39, 0.29) is 11.9 Å². The molecule has 0 bridgehead atoms. The van der Waals surface area contributed by atoms with Crippen molar-refractivity contribution < 1.29 is 4.79 Å². The van der Waals surface area contributed by atoms with Crippen LogP contribution in [0.1, 0.15) is 35.8 Å². The van der Waals surface area contributed by atoms with E-state index < -0.39 is 0 Å². The third-order valence-corrected chi connectivity index (χ3v) is 7.05. The van der Waals surface area contributed by atoms with E-state index in [1.54, 1.807) is 36.0 Å². The molecule has 0 radical (unpaired) electrons. The predicted octanol–water partition coefficient (Wildman–Crippen LogP) is 6.24. The average Bonchev–Trinajstić information content (AvgIpc) is 3.51. The molecule has 1 N–H and O–H groups in total. The van der Waals surface area contributed by atoms with Crippen LogP contribution in [0.5, 0.6) is 0 Å². The Morgan fingerprint density at radius 3 is 2.65 bits per heavy atom.